The van der Waals surface area contributed by atoms with Gasteiger partial charge >= 0.3 is 6.18 Å². The molecule has 2 aromatic carbocycles. The summed E-state index contributed by atoms with van der Waals surface area (Å²) < 4.78 is 39.4. The Bertz CT molecular complexity index is 772. The Morgan fingerprint density at radius 2 is 1.54 bits per heavy atom. The van der Waals surface area contributed by atoms with Crippen molar-refractivity contribution >= 4 is 17.3 Å². The summed E-state index contributed by atoms with van der Waals surface area (Å²) in [6.45, 7) is 1.30. The van der Waals surface area contributed by atoms with Crippen LogP contribution in [0.25, 0.3) is 0 Å². The van der Waals surface area contributed by atoms with Crippen LogP contribution in [0.2, 0.25) is 0 Å². The van der Waals surface area contributed by atoms with Gasteiger partial charge in [-0.15, -0.1) is 0 Å². The van der Waals surface area contributed by atoms with E-state index in [2.05, 4.69) is 5.10 Å². The van der Waals surface area contributed by atoms with E-state index in [9.17, 15) is 18.0 Å². The van der Waals surface area contributed by atoms with Gasteiger partial charge in [0.1, 0.15) is 5.41 Å². The highest BCUT2D eigenvalue weighted by molar-refractivity contribution is 6.24. The molecule has 3 rings (SSSR count). The number of benzene rings is 2. The molecule has 1 heterocycles. The van der Waals surface area contributed by atoms with E-state index in [0.717, 1.165) is 5.01 Å². The lowest BCUT2D eigenvalue weighted by Gasteiger charge is -2.26. The highest BCUT2D eigenvalue weighted by Gasteiger charge is 2.54. The minimum absolute atomic E-state index is 0.134. The largest absolute Gasteiger partial charge is 0.390 e. The molecule has 1 amide bonds. The standard InChI is InChI=1S/C18H15F3N2O/c1-17(12-18(19,20)21)15(13-8-4-2-5-9-13)22-23(16(17)24)14-10-6-3-7-11-14/h2-11H,12H2,1H3. The Kier molecular flexibility index (Phi) is 3.91. The zero-order valence-electron chi connectivity index (χ0n) is 12.9. The summed E-state index contributed by atoms with van der Waals surface area (Å²) in [4.78, 5) is 12.8. The minimum Gasteiger partial charge on any atom is -0.271 e. The maximum absolute atomic E-state index is 13.1. The zero-order valence-corrected chi connectivity index (χ0v) is 12.9. The van der Waals surface area contributed by atoms with Crippen molar-refractivity contribution in [3.8, 4) is 0 Å². The van der Waals surface area contributed by atoms with E-state index in [0.29, 0.717) is 11.3 Å². The van der Waals surface area contributed by atoms with Gasteiger partial charge in [-0.25, -0.2) is 0 Å². The molecule has 2 aromatic rings. The van der Waals surface area contributed by atoms with E-state index in [1.807, 2.05) is 0 Å². The number of hydrogen-bond donors (Lipinski definition) is 0. The Labute approximate surface area is 137 Å². The summed E-state index contributed by atoms with van der Waals surface area (Å²) in [7, 11) is 0. The fraction of sp³-hybridized carbons (Fsp3) is 0.222. The fourth-order valence-electron chi connectivity index (χ4n) is 2.87. The first-order chi connectivity index (χ1) is 11.3. The van der Waals surface area contributed by atoms with Crippen molar-refractivity contribution in [2.24, 2.45) is 10.5 Å². The van der Waals surface area contributed by atoms with E-state index in [1.165, 1.54) is 6.92 Å². The van der Waals surface area contributed by atoms with Gasteiger partial charge in [0.05, 0.1) is 17.8 Å². The van der Waals surface area contributed by atoms with Crippen molar-refractivity contribution in [3.05, 3.63) is 66.2 Å². The van der Waals surface area contributed by atoms with Crippen LogP contribution in [-0.4, -0.2) is 17.8 Å². The molecule has 0 fully saturated rings. The summed E-state index contributed by atoms with van der Waals surface area (Å²) in [6.07, 6.45) is -5.73. The van der Waals surface area contributed by atoms with E-state index < -0.39 is 23.9 Å². The quantitative estimate of drug-likeness (QED) is 0.820. The molecule has 0 saturated carbocycles. The van der Waals surface area contributed by atoms with Crippen molar-refractivity contribution < 1.29 is 18.0 Å². The topological polar surface area (TPSA) is 32.7 Å². The smallest absolute Gasteiger partial charge is 0.271 e. The highest BCUT2D eigenvalue weighted by atomic mass is 19.4. The average Bonchev–Trinajstić information content (AvgIpc) is 2.79. The Hall–Kier alpha value is -2.63. The summed E-state index contributed by atoms with van der Waals surface area (Å²) >= 11 is 0. The van der Waals surface area contributed by atoms with Gasteiger partial charge in [-0.05, 0) is 24.6 Å². The van der Waals surface area contributed by atoms with Crippen molar-refractivity contribution in [3.63, 3.8) is 0 Å². The van der Waals surface area contributed by atoms with Crippen molar-refractivity contribution in [1.82, 2.24) is 0 Å². The number of para-hydroxylation sites is 1. The number of carbonyl (C=O) groups excluding carboxylic acids is 1. The van der Waals surface area contributed by atoms with Crippen LogP contribution in [0.1, 0.15) is 18.9 Å². The molecule has 0 bridgehead atoms. The van der Waals surface area contributed by atoms with Gasteiger partial charge in [0, 0.05) is 0 Å². The number of hydrogen-bond acceptors (Lipinski definition) is 2. The van der Waals surface area contributed by atoms with Gasteiger partial charge in [-0.1, -0.05) is 48.5 Å². The number of halogens is 3. The van der Waals surface area contributed by atoms with E-state index in [-0.39, 0.29) is 5.71 Å². The normalized spacial score (nSPS) is 21.1. The lowest BCUT2D eigenvalue weighted by atomic mass is 9.78. The van der Waals surface area contributed by atoms with Crippen LogP contribution in [-0.2, 0) is 4.79 Å². The monoisotopic (exact) mass is 332 g/mol. The Balaban J connectivity index is 2.11. The van der Waals surface area contributed by atoms with Crippen LogP contribution < -0.4 is 5.01 Å². The lowest BCUT2D eigenvalue weighted by Crippen LogP contribution is -2.41. The molecule has 1 aliphatic heterocycles. The first kappa shape index (κ1) is 16.2. The molecule has 1 aliphatic rings. The summed E-state index contributed by atoms with van der Waals surface area (Å²) in [5, 5.41) is 5.31. The maximum Gasteiger partial charge on any atom is 0.390 e. The van der Waals surface area contributed by atoms with Gasteiger partial charge in [0.2, 0.25) is 0 Å². The SMILES string of the molecule is CC1(CC(F)(F)F)C(=O)N(c2ccccc2)N=C1c1ccccc1. The molecule has 0 saturated heterocycles. The van der Waals surface area contributed by atoms with Gasteiger partial charge in [0.25, 0.3) is 5.91 Å². The number of carbonyl (C=O) groups is 1. The average molecular weight is 332 g/mol. The molecule has 0 aromatic heterocycles. The third kappa shape index (κ3) is 2.91. The van der Waals surface area contributed by atoms with Crippen LogP contribution in [0, 0.1) is 5.41 Å². The molecule has 0 aliphatic carbocycles. The minimum atomic E-state index is -4.48. The Morgan fingerprint density at radius 1 is 1.00 bits per heavy atom. The second-order valence-electron chi connectivity index (χ2n) is 5.89. The molecule has 1 atom stereocenters. The summed E-state index contributed by atoms with van der Waals surface area (Å²) in [5.41, 5.74) is -0.665. The molecule has 0 radical (unpaired) electrons. The van der Waals surface area contributed by atoms with Gasteiger partial charge in [0.15, 0.2) is 0 Å². The molecule has 124 valence electrons. The Morgan fingerprint density at radius 3 is 2.08 bits per heavy atom. The predicted molar refractivity (Wildman–Crippen MR) is 85.7 cm³/mol. The third-order valence-electron chi connectivity index (χ3n) is 3.99. The molecular formula is C18H15F3N2O. The van der Waals surface area contributed by atoms with Crippen LogP contribution in [0.4, 0.5) is 18.9 Å². The van der Waals surface area contributed by atoms with Crippen molar-refractivity contribution in [2.75, 3.05) is 5.01 Å². The van der Waals surface area contributed by atoms with Crippen LogP contribution in [0.5, 0.6) is 0 Å². The zero-order chi connectivity index (χ0) is 17.4. The number of rotatable bonds is 3. The number of amides is 1. The molecule has 1 unspecified atom stereocenters. The second-order valence-corrected chi connectivity index (χ2v) is 5.89. The van der Waals surface area contributed by atoms with Crippen molar-refractivity contribution in [1.29, 1.82) is 0 Å². The summed E-state index contributed by atoms with van der Waals surface area (Å²) in [5.74, 6) is -0.676. The number of anilines is 1. The summed E-state index contributed by atoms with van der Waals surface area (Å²) in [6, 6.07) is 17.0. The fourth-order valence-corrected chi connectivity index (χ4v) is 2.87. The predicted octanol–water partition coefficient (Wildman–Crippen LogP) is 4.40. The second kappa shape index (κ2) is 5.78. The van der Waals surface area contributed by atoms with Gasteiger partial charge in [-0.2, -0.15) is 23.3 Å². The number of alkyl halides is 3. The van der Waals surface area contributed by atoms with Gasteiger partial charge < -0.3 is 0 Å². The highest BCUT2D eigenvalue weighted by Crippen LogP contribution is 2.42. The molecule has 3 nitrogen and oxygen atoms in total. The van der Waals surface area contributed by atoms with Crippen LogP contribution in [0.15, 0.2) is 65.8 Å². The first-order valence-corrected chi connectivity index (χ1v) is 7.42. The third-order valence-corrected chi connectivity index (χ3v) is 3.99. The van der Waals surface area contributed by atoms with Crippen LogP contribution in [0.3, 0.4) is 0 Å². The first-order valence-electron chi connectivity index (χ1n) is 7.42. The number of hydrazone groups is 1. The van der Waals surface area contributed by atoms with Gasteiger partial charge in [-0.3, -0.25) is 4.79 Å². The lowest BCUT2D eigenvalue weighted by molar-refractivity contribution is -0.156. The maximum atomic E-state index is 13.1. The molecule has 0 spiro atoms. The molecular weight excluding hydrogens is 317 g/mol. The van der Waals surface area contributed by atoms with E-state index in [1.54, 1.807) is 60.7 Å². The van der Waals surface area contributed by atoms with E-state index in [4.69, 9.17) is 0 Å². The number of nitrogens with zero attached hydrogens (tertiary/aromatic N) is 2. The van der Waals surface area contributed by atoms with Crippen molar-refractivity contribution in [2.45, 2.75) is 19.5 Å². The molecule has 24 heavy (non-hydrogen) atoms. The molecule has 0 N–H and O–H groups in total. The molecule has 6 heteroatoms. The van der Waals surface area contributed by atoms with E-state index >= 15 is 0 Å². The van der Waals surface area contributed by atoms with Crippen LogP contribution >= 0.6 is 0 Å².